The number of hydrogen-bond donors (Lipinski definition) is 1. The van der Waals surface area contributed by atoms with Gasteiger partial charge in [-0.25, -0.2) is 0 Å². The normalized spacial score (nSPS) is 24.8. The molecular weight excluding hydrogens is 368 g/mol. The molecule has 0 aliphatic carbocycles. The average Bonchev–Trinajstić information content (AvgIpc) is 2.68. The first-order chi connectivity index (χ1) is 13.4. The van der Waals surface area contributed by atoms with Gasteiger partial charge in [0.25, 0.3) is 0 Å². The van der Waals surface area contributed by atoms with Crippen LogP contribution in [0.3, 0.4) is 0 Å². The molecule has 0 spiro atoms. The molecule has 3 nitrogen and oxygen atoms in total. The monoisotopic (exact) mass is 400 g/mol. The Kier molecular flexibility index (Phi) is 6.95. The predicted octanol–water partition coefficient (Wildman–Crippen LogP) is 5.56. The molecule has 0 saturated carbocycles. The van der Waals surface area contributed by atoms with Crippen LogP contribution in [-0.2, 0) is 6.42 Å². The fraction of sp³-hybridized carbons (Fsp3) is 0.500. The van der Waals surface area contributed by atoms with Crippen LogP contribution < -0.4 is 9.47 Å². The molecule has 1 saturated heterocycles. The van der Waals surface area contributed by atoms with E-state index in [9.17, 15) is 5.11 Å². The van der Waals surface area contributed by atoms with E-state index in [0.29, 0.717) is 17.8 Å². The van der Waals surface area contributed by atoms with Crippen LogP contribution in [0.5, 0.6) is 11.5 Å². The second-order valence-corrected chi connectivity index (χ2v) is 9.34. The van der Waals surface area contributed by atoms with Gasteiger partial charge in [0.05, 0.1) is 19.8 Å². The molecular formula is C24H32O3S. The molecule has 2 aromatic rings. The standard InChI is InChI=1S/C24H32O3S/c1-6-27-20-9-7-18(8-10-20)13-19-14-21(23(26-5)12-15(19)2)24-16(3)11-22(25)17(4)28-24/h7-10,12,14,16-17,22,24-25H,6,11,13H2,1-5H3. The molecule has 3 rings (SSSR count). The van der Waals surface area contributed by atoms with Crippen LogP contribution in [0.4, 0.5) is 0 Å². The van der Waals surface area contributed by atoms with Gasteiger partial charge in [-0.1, -0.05) is 32.0 Å². The highest BCUT2D eigenvalue weighted by Gasteiger charge is 2.34. The van der Waals surface area contributed by atoms with Crippen LogP contribution >= 0.6 is 11.8 Å². The first-order valence-electron chi connectivity index (χ1n) is 10.2. The number of benzene rings is 2. The van der Waals surface area contributed by atoms with Crippen LogP contribution in [0, 0.1) is 12.8 Å². The summed E-state index contributed by atoms with van der Waals surface area (Å²) in [6, 6.07) is 12.9. The van der Waals surface area contributed by atoms with Gasteiger partial charge in [-0.05, 0) is 67.5 Å². The molecule has 0 bridgehead atoms. The van der Waals surface area contributed by atoms with Crippen molar-refractivity contribution >= 4 is 11.8 Å². The molecule has 1 fully saturated rings. The molecule has 4 heteroatoms. The zero-order chi connectivity index (χ0) is 20.3. The van der Waals surface area contributed by atoms with Crippen LogP contribution in [0.25, 0.3) is 0 Å². The van der Waals surface area contributed by atoms with Crippen LogP contribution in [-0.4, -0.2) is 30.2 Å². The maximum atomic E-state index is 10.2. The van der Waals surface area contributed by atoms with Crippen molar-refractivity contribution in [3.63, 3.8) is 0 Å². The lowest BCUT2D eigenvalue weighted by atomic mass is 9.89. The van der Waals surface area contributed by atoms with E-state index in [1.807, 2.05) is 30.8 Å². The summed E-state index contributed by atoms with van der Waals surface area (Å²) in [6.07, 6.45) is 1.50. The van der Waals surface area contributed by atoms with Crippen molar-refractivity contribution in [1.29, 1.82) is 0 Å². The maximum Gasteiger partial charge on any atom is 0.123 e. The highest BCUT2D eigenvalue weighted by atomic mass is 32.2. The van der Waals surface area contributed by atoms with E-state index in [-0.39, 0.29) is 11.4 Å². The molecule has 1 N–H and O–H groups in total. The number of thioether (sulfide) groups is 1. The second kappa shape index (κ2) is 9.23. The maximum absolute atomic E-state index is 10.2. The van der Waals surface area contributed by atoms with Crippen molar-refractivity contribution in [3.8, 4) is 11.5 Å². The fourth-order valence-electron chi connectivity index (χ4n) is 3.96. The van der Waals surface area contributed by atoms with E-state index >= 15 is 0 Å². The molecule has 4 unspecified atom stereocenters. The summed E-state index contributed by atoms with van der Waals surface area (Å²) in [6.45, 7) is 9.19. The number of aryl methyl sites for hydroxylation is 1. The van der Waals surface area contributed by atoms with E-state index in [0.717, 1.165) is 24.3 Å². The minimum Gasteiger partial charge on any atom is -0.496 e. The molecule has 1 heterocycles. The smallest absolute Gasteiger partial charge is 0.123 e. The van der Waals surface area contributed by atoms with E-state index in [2.05, 4.69) is 45.0 Å². The summed E-state index contributed by atoms with van der Waals surface area (Å²) >= 11 is 1.87. The van der Waals surface area contributed by atoms with Gasteiger partial charge < -0.3 is 14.6 Å². The van der Waals surface area contributed by atoms with Crippen molar-refractivity contribution in [2.45, 2.75) is 57.1 Å². The largest absolute Gasteiger partial charge is 0.496 e. The Morgan fingerprint density at radius 2 is 1.86 bits per heavy atom. The number of methoxy groups -OCH3 is 1. The summed E-state index contributed by atoms with van der Waals surface area (Å²) in [5.41, 5.74) is 5.10. The SMILES string of the molecule is CCOc1ccc(Cc2cc(C3SC(C)C(O)CC3C)c(OC)cc2C)cc1. The third-order valence-corrected chi connectivity index (χ3v) is 7.41. The molecule has 2 aromatic carbocycles. The third kappa shape index (κ3) is 4.66. The van der Waals surface area contributed by atoms with Gasteiger partial charge in [0, 0.05) is 16.1 Å². The predicted molar refractivity (Wildman–Crippen MR) is 118 cm³/mol. The second-order valence-electron chi connectivity index (χ2n) is 7.82. The molecule has 28 heavy (non-hydrogen) atoms. The summed E-state index contributed by atoms with van der Waals surface area (Å²) < 4.78 is 11.3. The van der Waals surface area contributed by atoms with E-state index in [1.54, 1.807) is 7.11 Å². The zero-order valence-corrected chi connectivity index (χ0v) is 18.4. The number of rotatable bonds is 6. The highest BCUT2D eigenvalue weighted by Crippen LogP contribution is 2.49. The van der Waals surface area contributed by atoms with Crippen LogP contribution in [0.2, 0.25) is 0 Å². The third-order valence-electron chi connectivity index (χ3n) is 5.66. The molecule has 1 aliphatic heterocycles. The summed E-state index contributed by atoms with van der Waals surface area (Å²) in [5, 5.41) is 10.8. The number of ether oxygens (including phenoxy) is 2. The molecule has 1 aliphatic rings. The lowest BCUT2D eigenvalue weighted by Gasteiger charge is -2.37. The molecule has 152 valence electrons. The van der Waals surface area contributed by atoms with Gasteiger partial charge in [-0.3, -0.25) is 0 Å². The van der Waals surface area contributed by atoms with Gasteiger partial charge >= 0.3 is 0 Å². The number of aliphatic hydroxyl groups is 1. The lowest BCUT2D eigenvalue weighted by molar-refractivity contribution is 0.138. The highest BCUT2D eigenvalue weighted by molar-refractivity contribution is 8.00. The Balaban J connectivity index is 1.89. The Morgan fingerprint density at radius 1 is 1.14 bits per heavy atom. The lowest BCUT2D eigenvalue weighted by Crippen LogP contribution is -2.31. The topological polar surface area (TPSA) is 38.7 Å². The van der Waals surface area contributed by atoms with Crippen LogP contribution in [0.15, 0.2) is 36.4 Å². The molecule has 0 aromatic heterocycles. The summed E-state index contributed by atoms with van der Waals surface area (Å²) in [7, 11) is 1.75. The van der Waals surface area contributed by atoms with Crippen molar-refractivity contribution in [2.24, 2.45) is 5.92 Å². The number of aliphatic hydroxyl groups excluding tert-OH is 1. The van der Waals surface area contributed by atoms with E-state index in [1.165, 1.54) is 22.3 Å². The average molecular weight is 401 g/mol. The first-order valence-corrected chi connectivity index (χ1v) is 11.1. The Labute approximate surface area is 173 Å². The Bertz CT molecular complexity index is 787. The van der Waals surface area contributed by atoms with Gasteiger partial charge in [-0.15, -0.1) is 11.8 Å². The Morgan fingerprint density at radius 3 is 2.50 bits per heavy atom. The number of hydrogen-bond acceptors (Lipinski definition) is 4. The van der Waals surface area contributed by atoms with Gasteiger partial charge in [0.1, 0.15) is 11.5 Å². The minimum absolute atomic E-state index is 0.226. The molecule has 4 atom stereocenters. The Hall–Kier alpha value is -1.65. The first kappa shape index (κ1) is 21.1. The summed E-state index contributed by atoms with van der Waals surface area (Å²) in [5.74, 6) is 2.28. The van der Waals surface area contributed by atoms with Crippen LogP contribution in [0.1, 0.15) is 54.7 Å². The van der Waals surface area contributed by atoms with Gasteiger partial charge in [-0.2, -0.15) is 0 Å². The van der Waals surface area contributed by atoms with Crippen molar-refractivity contribution in [3.05, 3.63) is 58.7 Å². The van der Waals surface area contributed by atoms with Crippen molar-refractivity contribution in [2.75, 3.05) is 13.7 Å². The fourth-order valence-corrected chi connectivity index (χ4v) is 5.42. The van der Waals surface area contributed by atoms with Crippen molar-refractivity contribution < 1.29 is 14.6 Å². The van der Waals surface area contributed by atoms with Gasteiger partial charge in [0.15, 0.2) is 0 Å². The molecule has 0 radical (unpaired) electrons. The minimum atomic E-state index is -0.226. The van der Waals surface area contributed by atoms with E-state index in [4.69, 9.17) is 9.47 Å². The molecule has 0 amide bonds. The van der Waals surface area contributed by atoms with Crippen molar-refractivity contribution in [1.82, 2.24) is 0 Å². The quantitative estimate of drug-likeness (QED) is 0.689. The van der Waals surface area contributed by atoms with E-state index < -0.39 is 0 Å². The van der Waals surface area contributed by atoms with Gasteiger partial charge in [0.2, 0.25) is 0 Å². The summed E-state index contributed by atoms with van der Waals surface area (Å²) in [4.78, 5) is 0. The zero-order valence-electron chi connectivity index (χ0n) is 17.6.